The van der Waals surface area contributed by atoms with Gasteiger partial charge in [-0.2, -0.15) is 0 Å². The fraction of sp³-hybridized carbons (Fsp3) is 0.333. The Balaban J connectivity index is 1.33. The van der Waals surface area contributed by atoms with Gasteiger partial charge in [0.15, 0.2) is 0 Å². The largest absolute Gasteiger partial charge is 0.497 e. The van der Waals surface area contributed by atoms with Crippen molar-refractivity contribution in [3.8, 4) is 5.75 Å². The lowest BCUT2D eigenvalue weighted by Crippen LogP contribution is -2.46. The van der Waals surface area contributed by atoms with Gasteiger partial charge in [-0.3, -0.25) is 15.0 Å². The molecule has 162 valence electrons. The summed E-state index contributed by atoms with van der Waals surface area (Å²) in [5.74, 6) is 1.39. The fourth-order valence-electron chi connectivity index (χ4n) is 3.55. The van der Waals surface area contributed by atoms with E-state index in [0.29, 0.717) is 23.8 Å². The first-order valence-electron chi connectivity index (χ1n) is 9.93. The normalized spacial score (nSPS) is 14.5. The number of methoxy groups -OCH3 is 1. The Bertz CT molecular complexity index is 1090. The van der Waals surface area contributed by atoms with Gasteiger partial charge >= 0.3 is 0 Å². The molecule has 1 fully saturated rings. The Kier molecular flexibility index (Phi) is 6.28. The fourth-order valence-corrected chi connectivity index (χ4v) is 3.75. The van der Waals surface area contributed by atoms with Crippen molar-refractivity contribution < 1.29 is 14.1 Å². The monoisotopic (exact) mass is 441 g/mol. The van der Waals surface area contributed by atoms with Crippen LogP contribution in [0.15, 0.2) is 52.9 Å². The topological polar surface area (TPSA) is 89.8 Å². The first-order chi connectivity index (χ1) is 15.0. The van der Waals surface area contributed by atoms with E-state index in [2.05, 4.69) is 14.9 Å². The molecule has 0 amide bonds. The van der Waals surface area contributed by atoms with Crippen LogP contribution in [-0.4, -0.2) is 52.9 Å². The summed E-state index contributed by atoms with van der Waals surface area (Å²) < 4.78 is 12.6. The number of hydrogen-bond acceptors (Lipinski definition) is 8. The molecule has 0 aliphatic carbocycles. The molecule has 0 saturated carbocycles. The van der Waals surface area contributed by atoms with E-state index in [1.165, 1.54) is 0 Å². The molecule has 1 aliphatic rings. The number of nitrogens with zero attached hydrogens (tertiary/aromatic N) is 5. The van der Waals surface area contributed by atoms with Crippen molar-refractivity contribution in [2.45, 2.75) is 13.1 Å². The summed E-state index contributed by atoms with van der Waals surface area (Å²) in [5, 5.41) is 15.4. The van der Waals surface area contributed by atoms with Gasteiger partial charge in [0, 0.05) is 44.0 Å². The molecule has 2 heterocycles. The highest BCUT2D eigenvalue weighted by molar-refractivity contribution is 7.71. The molecule has 1 aliphatic heterocycles. The van der Waals surface area contributed by atoms with Crippen LogP contribution in [-0.2, 0) is 13.1 Å². The lowest BCUT2D eigenvalue weighted by molar-refractivity contribution is -0.384. The minimum absolute atomic E-state index is 0.105. The molecule has 10 heteroatoms. The van der Waals surface area contributed by atoms with Gasteiger partial charge in [-0.15, -0.1) is 5.10 Å². The molecule has 2 aromatic carbocycles. The highest BCUT2D eigenvalue weighted by Gasteiger charge is 2.19. The summed E-state index contributed by atoms with van der Waals surface area (Å²) in [7, 11) is 1.64. The van der Waals surface area contributed by atoms with E-state index in [1.54, 1.807) is 36.1 Å². The predicted molar refractivity (Wildman–Crippen MR) is 118 cm³/mol. The smallest absolute Gasteiger partial charge is 0.288 e. The minimum Gasteiger partial charge on any atom is -0.497 e. The summed E-state index contributed by atoms with van der Waals surface area (Å²) in [6.45, 7) is 3.88. The molecule has 0 atom stereocenters. The van der Waals surface area contributed by atoms with Gasteiger partial charge in [-0.1, -0.05) is 12.1 Å². The van der Waals surface area contributed by atoms with Crippen molar-refractivity contribution in [2.75, 3.05) is 38.2 Å². The standard InChI is InChI=1S/C21H23N5O4S/c1-29-19-8-2-16(3-9-19)14-20-22-25(21(31)30-20)15-23-10-12-24(13-11-23)17-4-6-18(7-5-17)26(27)28/h2-9H,10-15H2,1H3. The van der Waals surface area contributed by atoms with Crippen LogP contribution >= 0.6 is 12.2 Å². The van der Waals surface area contributed by atoms with Crippen LogP contribution in [0.4, 0.5) is 11.4 Å². The molecule has 0 N–H and O–H groups in total. The van der Waals surface area contributed by atoms with E-state index in [9.17, 15) is 10.1 Å². The highest BCUT2D eigenvalue weighted by Crippen LogP contribution is 2.21. The van der Waals surface area contributed by atoms with Gasteiger partial charge in [0.1, 0.15) is 5.75 Å². The second-order valence-electron chi connectivity index (χ2n) is 7.31. The van der Waals surface area contributed by atoms with E-state index in [1.807, 2.05) is 24.3 Å². The van der Waals surface area contributed by atoms with Crippen LogP contribution in [0, 0.1) is 15.0 Å². The Morgan fingerprint density at radius 3 is 2.39 bits per heavy atom. The molecule has 1 saturated heterocycles. The number of nitro groups is 1. The second-order valence-corrected chi connectivity index (χ2v) is 7.66. The number of piperazine rings is 1. The third-order valence-corrected chi connectivity index (χ3v) is 5.59. The quantitative estimate of drug-likeness (QED) is 0.313. The van der Waals surface area contributed by atoms with Gasteiger partial charge in [-0.25, -0.2) is 4.68 Å². The predicted octanol–water partition coefficient (Wildman–Crippen LogP) is 3.49. The van der Waals surface area contributed by atoms with Crippen molar-refractivity contribution in [3.05, 3.63) is 74.9 Å². The first kappa shape index (κ1) is 21.0. The van der Waals surface area contributed by atoms with Crippen LogP contribution < -0.4 is 9.64 Å². The lowest BCUT2D eigenvalue weighted by Gasteiger charge is -2.35. The molecular formula is C21H23N5O4S. The molecule has 3 aromatic rings. The zero-order valence-electron chi connectivity index (χ0n) is 17.1. The Morgan fingerprint density at radius 2 is 1.77 bits per heavy atom. The molecule has 4 rings (SSSR count). The number of non-ortho nitro benzene ring substituents is 1. The van der Waals surface area contributed by atoms with Gasteiger partial charge < -0.3 is 14.1 Å². The van der Waals surface area contributed by atoms with Gasteiger partial charge in [0.2, 0.25) is 5.89 Å². The number of ether oxygens (including phenoxy) is 1. The van der Waals surface area contributed by atoms with Crippen LogP contribution in [0.3, 0.4) is 0 Å². The molecule has 0 radical (unpaired) electrons. The zero-order chi connectivity index (χ0) is 21.8. The summed E-state index contributed by atoms with van der Waals surface area (Å²) in [6.07, 6.45) is 0.564. The van der Waals surface area contributed by atoms with Gasteiger partial charge in [-0.05, 0) is 42.0 Å². The average molecular weight is 442 g/mol. The van der Waals surface area contributed by atoms with E-state index in [-0.39, 0.29) is 10.6 Å². The third-order valence-electron chi connectivity index (χ3n) is 5.29. The second kappa shape index (κ2) is 9.27. The maximum atomic E-state index is 10.8. The SMILES string of the molecule is COc1ccc(Cc2nn(CN3CCN(c4ccc([N+](=O)[O-])cc4)CC3)c(=S)o2)cc1. The van der Waals surface area contributed by atoms with Crippen molar-refractivity contribution in [1.29, 1.82) is 0 Å². The van der Waals surface area contributed by atoms with Crippen molar-refractivity contribution >= 4 is 23.6 Å². The Labute approximate surface area is 184 Å². The molecule has 1 aromatic heterocycles. The van der Waals surface area contributed by atoms with E-state index in [0.717, 1.165) is 43.2 Å². The number of aromatic nitrogens is 2. The number of rotatable bonds is 7. The molecule has 9 nitrogen and oxygen atoms in total. The maximum Gasteiger partial charge on any atom is 0.288 e. The van der Waals surface area contributed by atoms with Crippen molar-refractivity contribution in [1.82, 2.24) is 14.7 Å². The van der Waals surface area contributed by atoms with E-state index < -0.39 is 0 Å². The highest BCUT2D eigenvalue weighted by atomic mass is 32.1. The molecule has 0 bridgehead atoms. The Morgan fingerprint density at radius 1 is 1.10 bits per heavy atom. The maximum absolute atomic E-state index is 10.8. The lowest BCUT2D eigenvalue weighted by atomic mass is 10.1. The summed E-state index contributed by atoms with van der Waals surface area (Å²) >= 11 is 5.35. The van der Waals surface area contributed by atoms with Crippen molar-refractivity contribution in [3.63, 3.8) is 0 Å². The molecule has 31 heavy (non-hydrogen) atoms. The summed E-state index contributed by atoms with van der Waals surface area (Å²) in [4.78, 5) is 15.3. The summed E-state index contributed by atoms with van der Waals surface area (Å²) in [5.41, 5.74) is 2.17. The van der Waals surface area contributed by atoms with Gasteiger partial charge in [0.25, 0.3) is 10.5 Å². The van der Waals surface area contributed by atoms with E-state index in [4.69, 9.17) is 21.4 Å². The third kappa shape index (κ3) is 5.09. The van der Waals surface area contributed by atoms with E-state index >= 15 is 0 Å². The molecular weight excluding hydrogens is 418 g/mol. The van der Waals surface area contributed by atoms with Gasteiger partial charge in [0.05, 0.1) is 25.1 Å². The average Bonchev–Trinajstić information content (AvgIpc) is 3.13. The first-order valence-corrected chi connectivity index (χ1v) is 10.3. The van der Waals surface area contributed by atoms with Crippen molar-refractivity contribution in [2.24, 2.45) is 0 Å². The molecule has 0 unspecified atom stereocenters. The number of benzene rings is 2. The number of anilines is 1. The number of nitro benzene ring substituents is 1. The van der Waals surface area contributed by atoms with Crippen LogP contribution in [0.5, 0.6) is 5.75 Å². The van der Waals surface area contributed by atoms with Crippen LogP contribution in [0.2, 0.25) is 0 Å². The summed E-state index contributed by atoms with van der Waals surface area (Å²) in [6, 6.07) is 14.5. The minimum atomic E-state index is -0.383. The Hall–Kier alpha value is -3.24. The zero-order valence-corrected chi connectivity index (χ0v) is 18.0. The van der Waals surface area contributed by atoms with Crippen LogP contribution in [0.25, 0.3) is 0 Å². The van der Waals surface area contributed by atoms with Crippen LogP contribution in [0.1, 0.15) is 11.5 Å². The molecule has 0 spiro atoms. The number of hydrogen-bond donors (Lipinski definition) is 0.